The van der Waals surface area contributed by atoms with Crippen molar-refractivity contribution in [3.05, 3.63) is 0 Å². The van der Waals surface area contributed by atoms with Gasteiger partial charge < -0.3 is 14.2 Å². The number of ether oxygens (including phenoxy) is 3. The maximum absolute atomic E-state index is 6.28. The SMILES string of the molecule is CCOC(CCCC(C)CC(C)CC(C)Cl)OC(CCCC(C)CC(C)CC(C)Cl)OCC. The van der Waals surface area contributed by atoms with E-state index in [2.05, 4.69) is 41.5 Å². The van der Waals surface area contributed by atoms with E-state index in [4.69, 9.17) is 37.4 Å². The number of hydrogen-bond donors (Lipinski definition) is 0. The normalized spacial score (nSPS) is 19.5. The lowest BCUT2D eigenvalue weighted by Gasteiger charge is -2.26. The van der Waals surface area contributed by atoms with Crippen molar-refractivity contribution in [3.8, 4) is 0 Å². The van der Waals surface area contributed by atoms with E-state index in [0.717, 1.165) is 38.5 Å². The summed E-state index contributed by atoms with van der Waals surface area (Å²) in [4.78, 5) is 0. The summed E-state index contributed by atoms with van der Waals surface area (Å²) in [5.74, 6) is 2.76. The van der Waals surface area contributed by atoms with Crippen LogP contribution in [0, 0.1) is 23.7 Å². The lowest BCUT2D eigenvalue weighted by molar-refractivity contribution is -0.247. The van der Waals surface area contributed by atoms with Crippen LogP contribution in [0.25, 0.3) is 0 Å². The third-order valence-electron chi connectivity index (χ3n) is 6.35. The molecule has 0 heterocycles. The molecule has 0 aliphatic carbocycles. The van der Waals surface area contributed by atoms with E-state index in [-0.39, 0.29) is 23.3 Å². The average molecular weight is 512 g/mol. The van der Waals surface area contributed by atoms with Crippen LogP contribution in [0.4, 0.5) is 0 Å². The monoisotopic (exact) mass is 510 g/mol. The van der Waals surface area contributed by atoms with Gasteiger partial charge in [0.05, 0.1) is 0 Å². The smallest absolute Gasteiger partial charge is 0.160 e. The minimum absolute atomic E-state index is 0.179. The van der Waals surface area contributed by atoms with Crippen molar-refractivity contribution in [2.24, 2.45) is 23.7 Å². The van der Waals surface area contributed by atoms with Gasteiger partial charge in [-0.1, -0.05) is 40.5 Å². The van der Waals surface area contributed by atoms with Crippen molar-refractivity contribution >= 4 is 23.2 Å². The Hall–Kier alpha value is 0.460. The zero-order valence-electron chi connectivity index (χ0n) is 23.1. The van der Waals surface area contributed by atoms with Gasteiger partial charge in [0.2, 0.25) is 0 Å². The van der Waals surface area contributed by atoms with Gasteiger partial charge in [-0.2, -0.15) is 0 Å². The van der Waals surface area contributed by atoms with Crippen LogP contribution in [0.5, 0.6) is 0 Å². The van der Waals surface area contributed by atoms with Crippen LogP contribution in [0.3, 0.4) is 0 Å². The highest BCUT2D eigenvalue weighted by atomic mass is 35.5. The molecule has 0 rings (SSSR count). The van der Waals surface area contributed by atoms with Gasteiger partial charge in [-0.05, 0) is 103 Å². The van der Waals surface area contributed by atoms with Crippen LogP contribution >= 0.6 is 23.2 Å². The molecule has 0 fully saturated rings. The molecule has 200 valence electrons. The van der Waals surface area contributed by atoms with Gasteiger partial charge in [0, 0.05) is 24.0 Å². The Balaban J connectivity index is 4.39. The molecular formula is C28H56Cl2O3. The molecule has 8 unspecified atom stereocenters. The first kappa shape index (κ1) is 33.5. The first-order valence-electron chi connectivity index (χ1n) is 13.7. The molecule has 0 amide bonds. The molecule has 8 atom stereocenters. The standard InChI is InChI=1S/C28H56Cl2O3/c1-9-31-27(15-11-13-21(3)17-23(5)19-25(7)29)33-28(32-10-2)16-12-14-22(4)18-24(6)20-26(8)30/h21-28H,9-20H2,1-8H3. The van der Waals surface area contributed by atoms with Crippen molar-refractivity contribution in [2.45, 2.75) is 143 Å². The predicted molar refractivity (Wildman–Crippen MR) is 145 cm³/mol. The lowest BCUT2D eigenvalue weighted by Crippen LogP contribution is -2.27. The van der Waals surface area contributed by atoms with Crippen LogP contribution < -0.4 is 0 Å². The zero-order chi connectivity index (χ0) is 25.2. The fourth-order valence-electron chi connectivity index (χ4n) is 5.10. The third-order valence-corrected chi connectivity index (χ3v) is 6.70. The first-order valence-corrected chi connectivity index (χ1v) is 14.6. The number of rotatable bonds is 22. The number of alkyl halides is 2. The van der Waals surface area contributed by atoms with Gasteiger partial charge in [0.25, 0.3) is 0 Å². The second kappa shape index (κ2) is 20.6. The van der Waals surface area contributed by atoms with Crippen molar-refractivity contribution in [1.29, 1.82) is 0 Å². The Bertz CT molecular complexity index is 395. The van der Waals surface area contributed by atoms with Crippen molar-refractivity contribution < 1.29 is 14.2 Å². The lowest BCUT2D eigenvalue weighted by atomic mass is 9.90. The van der Waals surface area contributed by atoms with Crippen LogP contribution in [-0.4, -0.2) is 36.5 Å². The highest BCUT2D eigenvalue weighted by molar-refractivity contribution is 6.20. The van der Waals surface area contributed by atoms with E-state index in [1.807, 2.05) is 13.8 Å². The Morgan fingerprint density at radius 3 is 1.18 bits per heavy atom. The van der Waals surface area contributed by atoms with E-state index in [0.29, 0.717) is 36.9 Å². The van der Waals surface area contributed by atoms with Gasteiger partial charge in [-0.25, -0.2) is 0 Å². The van der Waals surface area contributed by atoms with Crippen LogP contribution in [0.15, 0.2) is 0 Å². The molecule has 5 heteroatoms. The minimum Gasteiger partial charge on any atom is -0.353 e. The molecule has 0 N–H and O–H groups in total. The Morgan fingerprint density at radius 1 is 0.515 bits per heavy atom. The summed E-state index contributed by atoms with van der Waals surface area (Å²) < 4.78 is 18.1. The summed E-state index contributed by atoms with van der Waals surface area (Å²) in [5.41, 5.74) is 0. The van der Waals surface area contributed by atoms with Gasteiger partial charge in [0.15, 0.2) is 12.6 Å². The zero-order valence-corrected chi connectivity index (χ0v) is 24.6. The van der Waals surface area contributed by atoms with Crippen LogP contribution in [0.2, 0.25) is 0 Å². The molecule has 0 spiro atoms. The van der Waals surface area contributed by atoms with E-state index in [1.54, 1.807) is 0 Å². The van der Waals surface area contributed by atoms with E-state index >= 15 is 0 Å². The highest BCUT2D eigenvalue weighted by Crippen LogP contribution is 2.25. The topological polar surface area (TPSA) is 27.7 Å². The predicted octanol–water partition coefficient (Wildman–Crippen LogP) is 9.43. The molecule has 0 aliphatic rings. The molecular weight excluding hydrogens is 455 g/mol. The summed E-state index contributed by atoms with van der Waals surface area (Å²) in [5, 5.41) is 0.526. The summed E-state index contributed by atoms with van der Waals surface area (Å²) in [6.07, 6.45) is 10.8. The fourth-order valence-corrected chi connectivity index (χ4v) is 5.71. The minimum atomic E-state index is -0.179. The van der Waals surface area contributed by atoms with E-state index in [1.165, 1.54) is 25.7 Å². The van der Waals surface area contributed by atoms with Gasteiger partial charge >= 0.3 is 0 Å². The van der Waals surface area contributed by atoms with Crippen molar-refractivity contribution in [2.75, 3.05) is 13.2 Å². The Kier molecular flexibility index (Phi) is 20.9. The molecule has 0 aromatic rings. The quantitative estimate of drug-likeness (QED) is 0.107. The third kappa shape index (κ3) is 20.4. The van der Waals surface area contributed by atoms with Crippen molar-refractivity contribution in [3.63, 3.8) is 0 Å². The molecule has 33 heavy (non-hydrogen) atoms. The molecule has 3 nitrogen and oxygen atoms in total. The average Bonchev–Trinajstić information content (AvgIpc) is 2.66. The second-order valence-electron chi connectivity index (χ2n) is 10.7. The van der Waals surface area contributed by atoms with Crippen molar-refractivity contribution in [1.82, 2.24) is 0 Å². The molecule has 0 aromatic heterocycles. The van der Waals surface area contributed by atoms with Gasteiger partial charge in [0.1, 0.15) is 0 Å². The molecule has 0 aromatic carbocycles. The molecule has 0 saturated heterocycles. The van der Waals surface area contributed by atoms with Gasteiger partial charge in [-0.15, -0.1) is 23.2 Å². The summed E-state index contributed by atoms with van der Waals surface area (Å²) >= 11 is 12.3. The molecule has 0 saturated carbocycles. The summed E-state index contributed by atoms with van der Waals surface area (Å²) in [7, 11) is 0. The second-order valence-corrected chi connectivity index (χ2v) is 12.2. The summed E-state index contributed by atoms with van der Waals surface area (Å²) in [6, 6.07) is 0. The number of hydrogen-bond acceptors (Lipinski definition) is 3. The number of halogens is 2. The van der Waals surface area contributed by atoms with E-state index < -0.39 is 0 Å². The van der Waals surface area contributed by atoms with Crippen LogP contribution in [0.1, 0.15) is 120 Å². The van der Waals surface area contributed by atoms with Crippen LogP contribution in [-0.2, 0) is 14.2 Å². The fraction of sp³-hybridized carbons (Fsp3) is 1.00. The van der Waals surface area contributed by atoms with E-state index in [9.17, 15) is 0 Å². The highest BCUT2D eigenvalue weighted by Gasteiger charge is 2.19. The summed E-state index contributed by atoms with van der Waals surface area (Å²) in [6.45, 7) is 18.9. The Morgan fingerprint density at radius 2 is 0.879 bits per heavy atom. The Labute approximate surface area is 217 Å². The maximum Gasteiger partial charge on any atom is 0.160 e. The molecule has 0 radical (unpaired) electrons. The molecule has 0 bridgehead atoms. The van der Waals surface area contributed by atoms with Gasteiger partial charge in [-0.3, -0.25) is 0 Å². The largest absolute Gasteiger partial charge is 0.353 e. The maximum atomic E-state index is 6.28. The molecule has 0 aliphatic heterocycles. The first-order chi connectivity index (χ1) is 15.6.